The van der Waals surface area contributed by atoms with E-state index in [0.717, 1.165) is 12.0 Å². The zero-order valence-electron chi connectivity index (χ0n) is 9.86. The lowest BCUT2D eigenvalue weighted by atomic mass is 9.99. The standard InChI is InChI=1S/C15H16FN/c1-11-3-2-4-12(9-11)10-15(17)13-5-7-14(16)8-6-13/h2-9,15H,10,17H2,1H3. The Morgan fingerprint density at radius 2 is 1.82 bits per heavy atom. The Hall–Kier alpha value is -1.67. The third kappa shape index (κ3) is 3.14. The highest BCUT2D eigenvalue weighted by atomic mass is 19.1. The number of hydrogen-bond donors (Lipinski definition) is 1. The Morgan fingerprint density at radius 3 is 2.47 bits per heavy atom. The van der Waals surface area contributed by atoms with Crippen LogP contribution in [-0.4, -0.2) is 0 Å². The van der Waals surface area contributed by atoms with Crippen molar-refractivity contribution in [3.05, 3.63) is 71.0 Å². The second-order valence-electron chi connectivity index (χ2n) is 4.35. The van der Waals surface area contributed by atoms with E-state index >= 15 is 0 Å². The first-order valence-corrected chi connectivity index (χ1v) is 5.72. The van der Waals surface area contributed by atoms with Gasteiger partial charge in [-0.3, -0.25) is 0 Å². The van der Waals surface area contributed by atoms with Crippen molar-refractivity contribution in [3.8, 4) is 0 Å². The molecule has 2 aromatic rings. The molecule has 0 aliphatic rings. The van der Waals surface area contributed by atoms with Crippen LogP contribution in [0.25, 0.3) is 0 Å². The summed E-state index contributed by atoms with van der Waals surface area (Å²) < 4.78 is 12.8. The molecule has 0 saturated carbocycles. The molecule has 0 bridgehead atoms. The minimum atomic E-state index is -0.225. The molecule has 88 valence electrons. The zero-order valence-corrected chi connectivity index (χ0v) is 9.86. The van der Waals surface area contributed by atoms with E-state index in [-0.39, 0.29) is 11.9 Å². The summed E-state index contributed by atoms with van der Waals surface area (Å²) in [6, 6.07) is 14.6. The molecule has 0 aromatic heterocycles. The van der Waals surface area contributed by atoms with Gasteiger partial charge in [0.15, 0.2) is 0 Å². The smallest absolute Gasteiger partial charge is 0.123 e. The van der Waals surface area contributed by atoms with Gasteiger partial charge in [-0.1, -0.05) is 42.0 Å². The summed E-state index contributed by atoms with van der Waals surface area (Å²) in [4.78, 5) is 0. The molecule has 2 heteroatoms. The average Bonchev–Trinajstić information content (AvgIpc) is 2.29. The van der Waals surface area contributed by atoms with Crippen molar-refractivity contribution in [1.82, 2.24) is 0 Å². The van der Waals surface area contributed by atoms with E-state index in [2.05, 4.69) is 25.1 Å². The van der Waals surface area contributed by atoms with Gasteiger partial charge < -0.3 is 5.73 Å². The molecule has 0 heterocycles. The molecule has 0 amide bonds. The highest BCUT2D eigenvalue weighted by Crippen LogP contribution is 2.17. The third-order valence-corrected chi connectivity index (χ3v) is 2.84. The third-order valence-electron chi connectivity index (χ3n) is 2.84. The van der Waals surface area contributed by atoms with E-state index in [1.165, 1.54) is 23.3 Å². The van der Waals surface area contributed by atoms with Gasteiger partial charge in [0, 0.05) is 6.04 Å². The molecule has 0 aliphatic carbocycles. The summed E-state index contributed by atoms with van der Waals surface area (Å²) in [6.45, 7) is 2.06. The van der Waals surface area contributed by atoms with E-state index in [1.54, 1.807) is 12.1 Å². The minimum absolute atomic E-state index is 0.0857. The molecule has 2 rings (SSSR count). The quantitative estimate of drug-likeness (QED) is 0.858. The molecular formula is C15H16FN. The maximum atomic E-state index is 12.8. The van der Waals surface area contributed by atoms with Gasteiger partial charge >= 0.3 is 0 Å². The van der Waals surface area contributed by atoms with Gasteiger partial charge in [-0.05, 0) is 36.6 Å². The van der Waals surface area contributed by atoms with Crippen molar-refractivity contribution < 1.29 is 4.39 Å². The largest absolute Gasteiger partial charge is 0.324 e. The van der Waals surface area contributed by atoms with Gasteiger partial charge in [0.1, 0.15) is 5.82 Å². The van der Waals surface area contributed by atoms with Crippen molar-refractivity contribution >= 4 is 0 Å². The number of hydrogen-bond acceptors (Lipinski definition) is 1. The topological polar surface area (TPSA) is 26.0 Å². The number of aryl methyl sites for hydroxylation is 1. The monoisotopic (exact) mass is 229 g/mol. The van der Waals surface area contributed by atoms with Gasteiger partial charge in [-0.15, -0.1) is 0 Å². The van der Waals surface area contributed by atoms with Gasteiger partial charge in [-0.2, -0.15) is 0 Å². The molecule has 0 fully saturated rings. The highest BCUT2D eigenvalue weighted by molar-refractivity contribution is 5.26. The normalized spacial score (nSPS) is 12.4. The number of nitrogens with two attached hydrogens (primary N) is 1. The Morgan fingerprint density at radius 1 is 1.12 bits per heavy atom. The summed E-state index contributed by atoms with van der Waals surface area (Å²) in [5, 5.41) is 0. The van der Waals surface area contributed by atoms with Crippen LogP contribution in [0.15, 0.2) is 48.5 Å². The highest BCUT2D eigenvalue weighted by Gasteiger charge is 2.07. The molecule has 2 N–H and O–H groups in total. The lowest BCUT2D eigenvalue weighted by molar-refractivity contribution is 0.624. The SMILES string of the molecule is Cc1cccc(CC(N)c2ccc(F)cc2)c1. The van der Waals surface area contributed by atoms with Gasteiger partial charge in [0.2, 0.25) is 0 Å². The molecule has 0 aliphatic heterocycles. The summed E-state index contributed by atoms with van der Waals surface area (Å²) in [6.07, 6.45) is 0.771. The molecule has 1 atom stereocenters. The van der Waals surface area contributed by atoms with Crippen LogP contribution in [0.1, 0.15) is 22.7 Å². The molecule has 1 unspecified atom stereocenters. The van der Waals surface area contributed by atoms with Gasteiger partial charge in [-0.25, -0.2) is 4.39 Å². The molecule has 0 radical (unpaired) electrons. The fourth-order valence-electron chi connectivity index (χ4n) is 1.92. The molecule has 17 heavy (non-hydrogen) atoms. The first-order chi connectivity index (χ1) is 8.15. The maximum Gasteiger partial charge on any atom is 0.123 e. The van der Waals surface area contributed by atoms with E-state index in [9.17, 15) is 4.39 Å². The van der Waals surface area contributed by atoms with Crippen LogP contribution in [0.5, 0.6) is 0 Å². The second kappa shape index (κ2) is 5.11. The Labute approximate surface area is 101 Å². The summed E-state index contributed by atoms with van der Waals surface area (Å²) in [7, 11) is 0. The van der Waals surface area contributed by atoms with Crippen LogP contribution in [0.3, 0.4) is 0 Å². The lowest BCUT2D eigenvalue weighted by Crippen LogP contribution is -2.13. The second-order valence-corrected chi connectivity index (χ2v) is 4.35. The van der Waals surface area contributed by atoms with Crippen LogP contribution in [0.4, 0.5) is 4.39 Å². The minimum Gasteiger partial charge on any atom is -0.324 e. The van der Waals surface area contributed by atoms with Crippen molar-refractivity contribution in [2.75, 3.05) is 0 Å². The zero-order chi connectivity index (χ0) is 12.3. The Bertz CT molecular complexity index is 491. The van der Waals surface area contributed by atoms with Crippen LogP contribution in [-0.2, 0) is 6.42 Å². The predicted molar refractivity (Wildman–Crippen MR) is 68.2 cm³/mol. The van der Waals surface area contributed by atoms with Crippen LogP contribution in [0, 0.1) is 12.7 Å². The van der Waals surface area contributed by atoms with Crippen LogP contribution < -0.4 is 5.73 Å². The average molecular weight is 229 g/mol. The Kier molecular flexibility index (Phi) is 3.55. The fourth-order valence-corrected chi connectivity index (χ4v) is 1.92. The number of benzene rings is 2. The molecular weight excluding hydrogens is 213 g/mol. The maximum absolute atomic E-state index is 12.8. The first-order valence-electron chi connectivity index (χ1n) is 5.72. The summed E-state index contributed by atoms with van der Waals surface area (Å²) >= 11 is 0. The van der Waals surface area contributed by atoms with E-state index in [4.69, 9.17) is 5.73 Å². The van der Waals surface area contributed by atoms with E-state index in [0.29, 0.717) is 0 Å². The van der Waals surface area contributed by atoms with Crippen molar-refractivity contribution in [3.63, 3.8) is 0 Å². The van der Waals surface area contributed by atoms with Gasteiger partial charge in [0.25, 0.3) is 0 Å². The molecule has 0 saturated heterocycles. The predicted octanol–water partition coefficient (Wildman–Crippen LogP) is 3.38. The van der Waals surface area contributed by atoms with Crippen molar-refractivity contribution in [2.24, 2.45) is 5.73 Å². The molecule has 0 spiro atoms. The van der Waals surface area contributed by atoms with Crippen molar-refractivity contribution in [2.45, 2.75) is 19.4 Å². The van der Waals surface area contributed by atoms with Crippen molar-refractivity contribution in [1.29, 1.82) is 0 Å². The van der Waals surface area contributed by atoms with Crippen LogP contribution in [0.2, 0.25) is 0 Å². The fraction of sp³-hybridized carbons (Fsp3) is 0.200. The number of halogens is 1. The van der Waals surface area contributed by atoms with E-state index < -0.39 is 0 Å². The molecule has 1 nitrogen and oxygen atoms in total. The van der Waals surface area contributed by atoms with E-state index in [1.807, 2.05) is 6.07 Å². The number of rotatable bonds is 3. The van der Waals surface area contributed by atoms with Crippen LogP contribution >= 0.6 is 0 Å². The Balaban J connectivity index is 2.11. The summed E-state index contributed by atoms with van der Waals surface area (Å²) in [5.74, 6) is -0.225. The lowest BCUT2D eigenvalue weighted by Gasteiger charge is -2.12. The molecule has 2 aromatic carbocycles. The van der Waals surface area contributed by atoms with Gasteiger partial charge in [0.05, 0.1) is 0 Å². The summed E-state index contributed by atoms with van der Waals surface area (Å²) in [5.41, 5.74) is 9.51. The first kappa shape index (κ1) is 11.8.